The van der Waals surface area contributed by atoms with E-state index in [1.807, 2.05) is 0 Å². The summed E-state index contributed by atoms with van der Waals surface area (Å²) in [5.74, 6) is -1.97. The topological polar surface area (TPSA) is 100 Å². The lowest BCUT2D eigenvalue weighted by molar-refractivity contribution is -0.140. The van der Waals surface area contributed by atoms with Gasteiger partial charge in [-0.25, -0.2) is 14.8 Å². The molecule has 40 heavy (non-hydrogen) atoms. The van der Waals surface area contributed by atoms with E-state index in [2.05, 4.69) is 41.1 Å². The van der Waals surface area contributed by atoms with E-state index in [9.17, 15) is 30.7 Å². The molecule has 0 bridgehead atoms. The Balaban J connectivity index is 1.59. The normalized spacial score (nSPS) is 12.0. The molecule has 8 nitrogen and oxygen atoms in total. The van der Waals surface area contributed by atoms with Crippen molar-refractivity contribution in [3.05, 3.63) is 94.0 Å². The van der Waals surface area contributed by atoms with Crippen molar-refractivity contribution in [1.82, 2.24) is 19.9 Å². The first-order valence-electron chi connectivity index (χ1n) is 11.1. The fourth-order valence-electron chi connectivity index (χ4n) is 3.16. The number of benzene rings is 2. The molecule has 0 radical (unpaired) electrons. The number of rotatable bonds is 8. The van der Waals surface area contributed by atoms with Crippen LogP contribution in [-0.4, -0.2) is 26.2 Å². The monoisotopic (exact) mass is 584 g/mol. The Morgan fingerprint density at radius 3 is 2.30 bits per heavy atom. The molecule has 0 saturated heterocycles. The standard InChI is InChI=1S/C24H16ClF7N8/c25-19-7-4-14(10-33-19)11-34-20-37-21(36-16-5-6-18(26)17(9-16)24(30,31)32)39-22(38-20)40-35-12-13-2-1-3-15(8-13)23(27,28)29/h1-10,12H,11H2,(H3,34,36,37,38,39,40)/b35-12+. The van der Waals surface area contributed by atoms with Crippen LogP contribution in [0.5, 0.6) is 0 Å². The smallest absolute Gasteiger partial charge is 0.350 e. The minimum atomic E-state index is -4.94. The number of aromatic nitrogens is 4. The van der Waals surface area contributed by atoms with Crippen molar-refractivity contribution < 1.29 is 30.7 Å². The Hall–Kier alpha value is -4.53. The van der Waals surface area contributed by atoms with E-state index in [1.54, 1.807) is 12.1 Å². The van der Waals surface area contributed by atoms with Gasteiger partial charge in [0.25, 0.3) is 0 Å². The highest BCUT2D eigenvalue weighted by atomic mass is 35.5. The summed E-state index contributed by atoms with van der Waals surface area (Å²) in [6.45, 7) is 0.162. The van der Waals surface area contributed by atoms with Crippen LogP contribution >= 0.6 is 11.6 Å². The van der Waals surface area contributed by atoms with Crippen molar-refractivity contribution in [2.45, 2.75) is 18.9 Å². The van der Waals surface area contributed by atoms with E-state index in [0.29, 0.717) is 17.7 Å². The summed E-state index contributed by atoms with van der Waals surface area (Å²) in [7, 11) is 0. The molecule has 2 heterocycles. The van der Waals surface area contributed by atoms with Gasteiger partial charge in [0.2, 0.25) is 17.8 Å². The number of pyridine rings is 1. The first-order chi connectivity index (χ1) is 18.9. The molecule has 4 rings (SSSR count). The third-order valence-corrected chi connectivity index (χ3v) is 5.22. The van der Waals surface area contributed by atoms with E-state index < -0.39 is 29.3 Å². The quantitative estimate of drug-likeness (QED) is 0.0897. The average molecular weight is 585 g/mol. The predicted octanol–water partition coefficient (Wildman–Crippen LogP) is 6.90. The SMILES string of the molecule is Fc1ccc(Nc2nc(NCc3ccc(Cl)nc3)nc(N/N=C/c3cccc(C(F)(F)F)c3)n2)cc1C(F)(F)F. The van der Waals surface area contributed by atoms with E-state index >= 15 is 0 Å². The van der Waals surface area contributed by atoms with Gasteiger partial charge in [0.1, 0.15) is 11.0 Å². The molecular formula is C24H16ClF7N8. The fourth-order valence-corrected chi connectivity index (χ4v) is 3.27. The maximum absolute atomic E-state index is 13.7. The zero-order chi connectivity index (χ0) is 28.9. The lowest BCUT2D eigenvalue weighted by Crippen LogP contribution is -2.11. The molecule has 16 heteroatoms. The van der Waals surface area contributed by atoms with Crippen LogP contribution < -0.4 is 16.1 Å². The number of halogens is 8. The van der Waals surface area contributed by atoms with Crippen LogP contribution in [0.25, 0.3) is 0 Å². The highest BCUT2D eigenvalue weighted by molar-refractivity contribution is 6.29. The van der Waals surface area contributed by atoms with Gasteiger partial charge in [-0.3, -0.25) is 0 Å². The number of nitrogens with one attached hydrogen (secondary N) is 3. The molecule has 0 aliphatic rings. The molecule has 0 fully saturated rings. The second-order valence-electron chi connectivity index (χ2n) is 7.96. The molecule has 0 aliphatic carbocycles. The number of alkyl halides is 6. The lowest BCUT2D eigenvalue weighted by atomic mass is 10.1. The van der Waals surface area contributed by atoms with E-state index in [-0.39, 0.29) is 40.8 Å². The van der Waals surface area contributed by atoms with Crippen molar-refractivity contribution >= 4 is 41.3 Å². The molecule has 2 aromatic heterocycles. The predicted molar refractivity (Wildman–Crippen MR) is 134 cm³/mol. The molecule has 3 N–H and O–H groups in total. The van der Waals surface area contributed by atoms with Gasteiger partial charge in [0.15, 0.2) is 0 Å². The maximum atomic E-state index is 13.7. The van der Waals surface area contributed by atoms with E-state index in [4.69, 9.17) is 11.6 Å². The molecular weight excluding hydrogens is 569 g/mol. The van der Waals surface area contributed by atoms with Crippen molar-refractivity contribution in [2.24, 2.45) is 5.10 Å². The molecule has 208 valence electrons. The fraction of sp³-hybridized carbons (Fsp3) is 0.125. The Labute approximate surface area is 226 Å². The van der Waals surface area contributed by atoms with Gasteiger partial charge in [-0.2, -0.15) is 46.4 Å². The number of hydrogen-bond donors (Lipinski definition) is 3. The van der Waals surface area contributed by atoms with E-state index in [1.165, 1.54) is 18.3 Å². The van der Waals surface area contributed by atoms with Gasteiger partial charge in [-0.15, -0.1) is 0 Å². The number of anilines is 4. The number of nitrogens with zero attached hydrogens (tertiary/aromatic N) is 5. The van der Waals surface area contributed by atoms with Gasteiger partial charge in [-0.1, -0.05) is 29.8 Å². The Morgan fingerprint density at radius 2 is 1.60 bits per heavy atom. The van der Waals surface area contributed by atoms with Gasteiger partial charge >= 0.3 is 12.4 Å². The van der Waals surface area contributed by atoms with Crippen molar-refractivity contribution in [3.63, 3.8) is 0 Å². The lowest BCUT2D eigenvalue weighted by Gasteiger charge is -2.12. The molecule has 4 aromatic rings. The average Bonchev–Trinajstić information content (AvgIpc) is 2.88. The zero-order valence-corrected chi connectivity index (χ0v) is 20.6. The molecule has 0 saturated carbocycles. The van der Waals surface area contributed by atoms with Gasteiger partial charge in [-0.05, 0) is 47.5 Å². The Kier molecular flexibility index (Phi) is 8.32. The van der Waals surface area contributed by atoms with Crippen LogP contribution in [0.3, 0.4) is 0 Å². The summed E-state index contributed by atoms with van der Waals surface area (Å²) >= 11 is 5.78. The second kappa shape index (κ2) is 11.7. The largest absolute Gasteiger partial charge is 0.419 e. The van der Waals surface area contributed by atoms with Gasteiger partial charge in [0, 0.05) is 18.4 Å². The summed E-state index contributed by atoms with van der Waals surface area (Å²) < 4.78 is 91.9. The zero-order valence-electron chi connectivity index (χ0n) is 19.8. The van der Waals surface area contributed by atoms with Crippen molar-refractivity contribution in [1.29, 1.82) is 0 Å². The third kappa shape index (κ3) is 7.75. The molecule has 2 aromatic carbocycles. The van der Waals surface area contributed by atoms with Crippen LogP contribution in [0.1, 0.15) is 22.3 Å². The minimum Gasteiger partial charge on any atom is -0.350 e. The summed E-state index contributed by atoms with van der Waals surface area (Å²) in [6.07, 6.45) is -6.90. The molecule has 0 amide bonds. The van der Waals surface area contributed by atoms with Crippen LogP contribution in [0.4, 0.5) is 54.3 Å². The number of hydrazone groups is 1. The molecule has 0 atom stereocenters. The third-order valence-electron chi connectivity index (χ3n) is 4.99. The van der Waals surface area contributed by atoms with Gasteiger partial charge < -0.3 is 10.6 Å². The van der Waals surface area contributed by atoms with Crippen LogP contribution in [0, 0.1) is 5.82 Å². The Bertz CT molecular complexity index is 1510. The highest BCUT2D eigenvalue weighted by Gasteiger charge is 2.34. The summed E-state index contributed by atoms with van der Waals surface area (Å²) in [5, 5.41) is 9.54. The first kappa shape index (κ1) is 28.5. The Morgan fingerprint density at radius 1 is 0.850 bits per heavy atom. The highest BCUT2D eigenvalue weighted by Crippen LogP contribution is 2.33. The van der Waals surface area contributed by atoms with Crippen LogP contribution in [0.2, 0.25) is 5.15 Å². The summed E-state index contributed by atoms with van der Waals surface area (Å²) in [6, 6.07) is 9.86. The second-order valence-corrected chi connectivity index (χ2v) is 8.35. The van der Waals surface area contributed by atoms with Gasteiger partial charge in [0.05, 0.1) is 17.3 Å². The first-order valence-corrected chi connectivity index (χ1v) is 11.4. The molecule has 0 aliphatic heterocycles. The number of hydrogen-bond acceptors (Lipinski definition) is 8. The minimum absolute atomic E-state index is 0.0534. The molecule has 0 spiro atoms. The summed E-state index contributed by atoms with van der Waals surface area (Å²) in [4.78, 5) is 16.2. The molecule has 0 unspecified atom stereocenters. The van der Waals surface area contributed by atoms with Crippen LogP contribution in [0.15, 0.2) is 65.9 Å². The van der Waals surface area contributed by atoms with Crippen LogP contribution in [-0.2, 0) is 18.9 Å². The van der Waals surface area contributed by atoms with Crippen molar-refractivity contribution in [2.75, 3.05) is 16.1 Å². The summed E-state index contributed by atoms with van der Waals surface area (Å²) in [5.41, 5.74) is 0.707. The van der Waals surface area contributed by atoms with Crippen molar-refractivity contribution in [3.8, 4) is 0 Å². The van der Waals surface area contributed by atoms with E-state index in [0.717, 1.165) is 24.4 Å². The maximum Gasteiger partial charge on any atom is 0.419 e.